The molecule has 0 amide bonds. The predicted molar refractivity (Wildman–Crippen MR) is 315 cm³/mol. The largest absolute Gasteiger partial charge is 0.545 e. The molecule has 9 heteroatoms. The fraction of sp³-hybridized carbons (Fsp3) is 0.621. The first-order chi connectivity index (χ1) is 36.6. The number of hydrogen-bond donors (Lipinski definition) is 0. The van der Waals surface area contributed by atoms with E-state index in [9.17, 15) is 19.5 Å². The third-order valence-electron chi connectivity index (χ3n) is 11.9. The molecule has 0 aliphatic carbocycles. The smallest absolute Gasteiger partial charge is 0.306 e. The summed E-state index contributed by atoms with van der Waals surface area (Å²) in [5.74, 6) is -2.33. The zero-order valence-corrected chi connectivity index (χ0v) is 48.1. The maximum atomic E-state index is 12.9. The Morgan fingerprint density at radius 3 is 1.07 bits per heavy atom. The van der Waals surface area contributed by atoms with Crippen LogP contribution in [0.25, 0.3) is 0 Å². The van der Waals surface area contributed by atoms with E-state index >= 15 is 0 Å². The van der Waals surface area contributed by atoms with Crippen molar-refractivity contribution in [3.05, 3.63) is 134 Å². The van der Waals surface area contributed by atoms with Crippen LogP contribution in [0.15, 0.2) is 134 Å². The van der Waals surface area contributed by atoms with E-state index < -0.39 is 24.3 Å². The molecular weight excluding hydrogens is 935 g/mol. The topological polar surface area (TPSA) is 111 Å². The number of aliphatic carboxylic acids is 1. The van der Waals surface area contributed by atoms with Gasteiger partial charge in [0.2, 0.25) is 0 Å². The SMILES string of the molecule is CC/C=C\C/C=C\C/C=C\C/C=C\C/C=C\C/C=C\C/C=C\CCCCCCCCCCCCCC(=O)OC(COC(=O)CCCCCC/C=C\C/C=C\C/C=C\C/C=C\CC)COC(OCC[N+](C)(C)C)C(=O)[O-]. The number of esters is 2. The first-order valence-corrected chi connectivity index (χ1v) is 29.3. The highest BCUT2D eigenvalue weighted by Gasteiger charge is 2.22. The minimum Gasteiger partial charge on any atom is -0.545 e. The number of quaternary nitrogens is 1. The molecule has 0 radical (unpaired) electrons. The number of carbonyl (C=O) groups is 3. The van der Waals surface area contributed by atoms with Crippen LogP contribution in [0.2, 0.25) is 0 Å². The van der Waals surface area contributed by atoms with Crippen LogP contribution < -0.4 is 5.11 Å². The molecule has 2 unspecified atom stereocenters. The summed E-state index contributed by atoms with van der Waals surface area (Å²) in [6.07, 6.45) is 76.4. The number of hydrogen-bond acceptors (Lipinski definition) is 8. The summed E-state index contributed by atoms with van der Waals surface area (Å²) in [5.41, 5.74) is 0. The van der Waals surface area contributed by atoms with Crippen molar-refractivity contribution in [1.29, 1.82) is 0 Å². The molecule has 0 bridgehead atoms. The van der Waals surface area contributed by atoms with Gasteiger partial charge in [-0.2, -0.15) is 0 Å². The van der Waals surface area contributed by atoms with Gasteiger partial charge in [0.05, 0.1) is 40.3 Å². The maximum Gasteiger partial charge on any atom is 0.306 e. The lowest BCUT2D eigenvalue weighted by molar-refractivity contribution is -0.870. The number of likely N-dealkylation sites (N-methyl/N-ethyl adjacent to an activating group) is 1. The Hall–Kier alpha value is -4.57. The van der Waals surface area contributed by atoms with E-state index in [1.807, 2.05) is 21.1 Å². The van der Waals surface area contributed by atoms with Crippen molar-refractivity contribution in [2.24, 2.45) is 0 Å². The minimum atomic E-state index is -1.64. The van der Waals surface area contributed by atoms with Gasteiger partial charge < -0.3 is 33.3 Å². The fourth-order valence-corrected chi connectivity index (χ4v) is 7.45. The Balaban J connectivity index is 4.25. The van der Waals surface area contributed by atoms with Gasteiger partial charge in [0, 0.05) is 12.8 Å². The van der Waals surface area contributed by atoms with Gasteiger partial charge >= 0.3 is 11.9 Å². The third kappa shape index (κ3) is 57.0. The van der Waals surface area contributed by atoms with Gasteiger partial charge in [0.1, 0.15) is 13.2 Å². The standard InChI is InChI=1S/C66H107NO8/c1-6-8-10-12-14-16-18-20-22-24-25-26-27-28-29-30-31-32-33-34-35-36-37-38-39-41-43-45-47-49-51-53-55-57-64(69)75-62(61-74-66(65(70)71)72-59-58-67(3,4)5)60-73-63(68)56-54-52-50-48-46-44-42-40-23-21-19-17-15-13-11-9-7-2/h8-11,14-17,20-23,25-26,28-29,31-32,34-35,42,44,62,66H,6-7,12-13,18-19,24,27,30,33,36-41,43,45-61H2,1-5H3/b10-8-,11-9-,16-14-,17-15-,22-20-,23-21-,26-25-,29-28-,32-31-,35-34-,44-42-. The number of allylic oxidation sites excluding steroid dienone is 22. The zero-order valence-electron chi connectivity index (χ0n) is 48.1. The van der Waals surface area contributed by atoms with Crippen molar-refractivity contribution in [3.8, 4) is 0 Å². The van der Waals surface area contributed by atoms with Crippen LogP contribution in [-0.4, -0.2) is 82.3 Å². The Kier molecular flexibility index (Phi) is 52.3. The molecule has 0 aliphatic heterocycles. The normalized spacial score (nSPS) is 13.8. The lowest BCUT2D eigenvalue weighted by atomic mass is 10.0. The number of carboxylic acid groups (broad SMARTS) is 1. The summed E-state index contributed by atoms with van der Waals surface area (Å²) in [6, 6.07) is 0. The monoisotopic (exact) mass is 1040 g/mol. The Bertz CT molecular complexity index is 1690. The average molecular weight is 1040 g/mol. The number of carboxylic acids is 1. The van der Waals surface area contributed by atoms with Gasteiger partial charge in [-0.15, -0.1) is 0 Å². The number of rotatable bonds is 52. The van der Waals surface area contributed by atoms with Gasteiger partial charge in [0.25, 0.3) is 0 Å². The Morgan fingerprint density at radius 1 is 0.400 bits per heavy atom. The second-order valence-corrected chi connectivity index (χ2v) is 20.2. The molecule has 75 heavy (non-hydrogen) atoms. The van der Waals surface area contributed by atoms with Gasteiger partial charge in [0.15, 0.2) is 12.4 Å². The molecule has 0 fully saturated rings. The second kappa shape index (κ2) is 55.7. The first-order valence-electron chi connectivity index (χ1n) is 29.3. The molecule has 0 saturated heterocycles. The highest BCUT2D eigenvalue weighted by molar-refractivity contribution is 5.70. The second-order valence-electron chi connectivity index (χ2n) is 20.2. The van der Waals surface area contributed by atoms with E-state index in [1.54, 1.807) is 0 Å². The molecule has 9 nitrogen and oxygen atoms in total. The van der Waals surface area contributed by atoms with E-state index in [4.69, 9.17) is 18.9 Å². The van der Waals surface area contributed by atoms with Crippen molar-refractivity contribution in [3.63, 3.8) is 0 Å². The Morgan fingerprint density at radius 2 is 0.720 bits per heavy atom. The van der Waals surface area contributed by atoms with Gasteiger partial charge in [-0.1, -0.05) is 218 Å². The van der Waals surface area contributed by atoms with Crippen molar-refractivity contribution < 1.29 is 42.9 Å². The van der Waals surface area contributed by atoms with E-state index in [-0.39, 0.29) is 38.6 Å². The van der Waals surface area contributed by atoms with Crippen LogP contribution in [0.4, 0.5) is 0 Å². The van der Waals surface area contributed by atoms with Crippen LogP contribution in [0.5, 0.6) is 0 Å². The lowest BCUT2D eigenvalue weighted by Crippen LogP contribution is -2.44. The van der Waals surface area contributed by atoms with Gasteiger partial charge in [-0.25, -0.2) is 0 Å². The van der Waals surface area contributed by atoms with E-state index in [0.717, 1.165) is 122 Å². The molecular formula is C66H107NO8. The molecule has 0 aromatic rings. The van der Waals surface area contributed by atoms with Crippen LogP contribution >= 0.6 is 0 Å². The third-order valence-corrected chi connectivity index (χ3v) is 11.9. The van der Waals surface area contributed by atoms with E-state index in [2.05, 4.69) is 148 Å². The van der Waals surface area contributed by atoms with Crippen LogP contribution in [0.1, 0.15) is 206 Å². The fourth-order valence-electron chi connectivity index (χ4n) is 7.45. The molecule has 0 saturated carbocycles. The van der Waals surface area contributed by atoms with Crippen molar-refractivity contribution in [2.45, 2.75) is 219 Å². The molecule has 0 heterocycles. The predicted octanol–water partition coefficient (Wildman–Crippen LogP) is 16.1. The Labute approximate surface area is 459 Å². The van der Waals surface area contributed by atoms with Crippen molar-refractivity contribution >= 4 is 17.9 Å². The molecule has 0 spiro atoms. The zero-order chi connectivity index (χ0) is 54.8. The van der Waals surface area contributed by atoms with Crippen LogP contribution in [0.3, 0.4) is 0 Å². The molecule has 424 valence electrons. The summed E-state index contributed by atoms with van der Waals surface area (Å²) in [5, 5.41) is 11.8. The van der Waals surface area contributed by atoms with Crippen LogP contribution in [0, 0.1) is 0 Å². The molecule has 2 atom stereocenters. The summed E-state index contributed by atoms with van der Waals surface area (Å²) >= 11 is 0. The number of carbonyl (C=O) groups excluding carboxylic acids is 3. The lowest BCUT2D eigenvalue weighted by Gasteiger charge is -2.26. The molecule has 0 rings (SSSR count). The number of ether oxygens (including phenoxy) is 4. The summed E-state index contributed by atoms with van der Waals surface area (Å²) in [7, 11) is 5.90. The van der Waals surface area contributed by atoms with Gasteiger partial charge in [-0.05, 0) is 109 Å². The highest BCUT2D eigenvalue weighted by Crippen LogP contribution is 2.14. The minimum absolute atomic E-state index is 0.136. The summed E-state index contributed by atoms with van der Waals surface area (Å²) in [4.78, 5) is 37.3. The highest BCUT2D eigenvalue weighted by atomic mass is 16.7. The summed E-state index contributed by atoms with van der Waals surface area (Å²) in [6.45, 7) is 4.47. The molecule has 0 aliphatic rings. The van der Waals surface area contributed by atoms with E-state index in [1.165, 1.54) is 44.9 Å². The van der Waals surface area contributed by atoms with Gasteiger partial charge in [-0.3, -0.25) is 9.59 Å². The number of unbranched alkanes of at least 4 members (excludes halogenated alkanes) is 15. The molecule has 0 aromatic heterocycles. The van der Waals surface area contributed by atoms with Crippen LogP contribution in [-0.2, 0) is 33.3 Å². The summed E-state index contributed by atoms with van der Waals surface area (Å²) < 4.78 is 22.7. The molecule has 0 aromatic carbocycles. The van der Waals surface area contributed by atoms with Crippen molar-refractivity contribution in [2.75, 3.05) is 47.5 Å². The first kappa shape index (κ1) is 70.4. The quantitative estimate of drug-likeness (QED) is 0.0195. The average Bonchev–Trinajstić information content (AvgIpc) is 3.38. The van der Waals surface area contributed by atoms with Crippen molar-refractivity contribution in [1.82, 2.24) is 0 Å². The molecule has 0 N–H and O–H groups in total. The van der Waals surface area contributed by atoms with E-state index in [0.29, 0.717) is 23.9 Å². The number of nitrogens with zero attached hydrogens (tertiary/aromatic N) is 1. The maximum absolute atomic E-state index is 12.9.